The van der Waals surface area contributed by atoms with Gasteiger partial charge in [0.05, 0.1) is 0 Å². The van der Waals surface area contributed by atoms with Crippen molar-refractivity contribution in [3.8, 4) is 0 Å². The van der Waals surface area contributed by atoms with Crippen LogP contribution in [-0.4, -0.2) is 0 Å². The number of fused-ring (bicyclic) bond motifs is 11. The van der Waals surface area contributed by atoms with Crippen LogP contribution < -0.4 is 0 Å². The van der Waals surface area contributed by atoms with Crippen molar-refractivity contribution in [3.05, 3.63) is 187 Å². The van der Waals surface area contributed by atoms with Gasteiger partial charge in [0.2, 0.25) is 0 Å². The third-order valence-corrected chi connectivity index (χ3v) is 11.1. The summed E-state index contributed by atoms with van der Waals surface area (Å²) in [7, 11) is 0. The first-order valence-corrected chi connectivity index (χ1v) is 17.8. The summed E-state index contributed by atoms with van der Waals surface area (Å²) in [6, 6.07) is 9.46. The molecule has 0 aliphatic heterocycles. The predicted molar refractivity (Wildman–Crippen MR) is 195 cm³/mol. The maximum Gasteiger partial charge on any atom is -0.00914 e. The lowest BCUT2D eigenvalue weighted by molar-refractivity contribution is 0.918. The summed E-state index contributed by atoms with van der Waals surface area (Å²) in [6.45, 7) is 0. The molecule has 7 aliphatic carbocycles. The average Bonchev–Trinajstić information content (AvgIpc) is 3.14. The van der Waals surface area contributed by atoms with Gasteiger partial charge in [0, 0.05) is 0 Å². The molecule has 7 aliphatic rings. The molecular weight excluding hydrogens is 553 g/mol. The minimum atomic E-state index is 1.13. The van der Waals surface area contributed by atoms with E-state index in [0.29, 0.717) is 0 Å². The summed E-state index contributed by atoms with van der Waals surface area (Å²) in [5.41, 5.74) is 22.4. The van der Waals surface area contributed by atoms with Crippen molar-refractivity contribution in [1.29, 1.82) is 0 Å². The Bertz CT molecular complexity index is 1600. The number of rotatable bonds is 0. The van der Waals surface area contributed by atoms with Crippen LogP contribution in [0.5, 0.6) is 0 Å². The second kappa shape index (κ2) is 13.3. The summed E-state index contributed by atoms with van der Waals surface area (Å²) in [6.07, 6.45) is 48.5. The number of benzene rings is 3. The van der Waals surface area contributed by atoms with Gasteiger partial charge in [0.25, 0.3) is 0 Å². The lowest BCUT2D eigenvalue weighted by Gasteiger charge is -2.29. The zero-order valence-electron chi connectivity index (χ0n) is 27.3. The number of hydrogen-bond donors (Lipinski definition) is 0. The van der Waals surface area contributed by atoms with Gasteiger partial charge < -0.3 is 0 Å². The van der Waals surface area contributed by atoms with E-state index in [1.807, 2.05) is 0 Å². The smallest absolute Gasteiger partial charge is 0.00914 e. The standard InChI is InChI=1S/C18H18.2C14H14/c1-2-8-14-13(7-1)15-9-3-4-11-17(15)18-12-6-5-10-16(14)18;1-3-7-13-11(5-1)9-10-12-6-2-4-8-14(12)13;1-2-6-12-10-14-8-4-3-7-13(14)9-11(12)5-1/h1-6H,7-12H2;2*1-4,9-10H,5-8H2. The highest BCUT2D eigenvalue weighted by Gasteiger charge is 2.24. The van der Waals surface area contributed by atoms with Gasteiger partial charge in [0.1, 0.15) is 0 Å². The molecular formula is C46H46. The topological polar surface area (TPSA) is 0 Å². The van der Waals surface area contributed by atoms with E-state index in [9.17, 15) is 0 Å². The van der Waals surface area contributed by atoms with Crippen LogP contribution in [0.3, 0.4) is 0 Å². The first-order chi connectivity index (χ1) is 22.8. The quantitative estimate of drug-likeness (QED) is 0.226. The Balaban J connectivity index is 0.000000103. The van der Waals surface area contributed by atoms with Crippen molar-refractivity contribution < 1.29 is 0 Å². The largest absolute Gasteiger partial charge is 0.0838 e. The fourth-order valence-electron chi connectivity index (χ4n) is 8.68. The first-order valence-electron chi connectivity index (χ1n) is 17.8. The number of hydrogen-bond acceptors (Lipinski definition) is 0. The van der Waals surface area contributed by atoms with Crippen molar-refractivity contribution in [2.24, 2.45) is 0 Å². The van der Waals surface area contributed by atoms with Crippen molar-refractivity contribution >= 4 is 0 Å². The molecule has 0 radical (unpaired) electrons. The van der Waals surface area contributed by atoms with Crippen LogP contribution in [0, 0.1) is 0 Å². The number of allylic oxidation sites excluding steroid dienone is 14. The Morgan fingerprint density at radius 3 is 0.652 bits per heavy atom. The Kier molecular flexibility index (Phi) is 8.45. The van der Waals surface area contributed by atoms with Crippen LogP contribution in [0.4, 0.5) is 0 Å². The molecule has 0 atom stereocenters. The zero-order chi connectivity index (χ0) is 30.7. The van der Waals surface area contributed by atoms with Gasteiger partial charge in [-0.15, -0.1) is 0 Å². The fraction of sp³-hybridized carbons (Fsp3) is 0.304. The monoisotopic (exact) mass is 598 g/mol. The lowest BCUT2D eigenvalue weighted by Crippen LogP contribution is -2.16. The van der Waals surface area contributed by atoms with E-state index in [1.54, 1.807) is 77.9 Å². The molecule has 0 fully saturated rings. The molecule has 3 aromatic rings. The third-order valence-electron chi connectivity index (χ3n) is 11.1. The third kappa shape index (κ3) is 5.79. The molecule has 0 N–H and O–H groups in total. The molecule has 0 unspecified atom stereocenters. The van der Waals surface area contributed by atoms with Crippen molar-refractivity contribution in [3.63, 3.8) is 0 Å². The van der Waals surface area contributed by atoms with Gasteiger partial charge in [-0.3, -0.25) is 0 Å². The highest BCUT2D eigenvalue weighted by atomic mass is 14.3. The molecule has 0 heterocycles. The lowest BCUT2D eigenvalue weighted by atomic mass is 9.76. The van der Waals surface area contributed by atoms with E-state index in [1.165, 1.54) is 0 Å². The molecule has 10 rings (SSSR count). The van der Waals surface area contributed by atoms with Crippen LogP contribution >= 0.6 is 0 Å². The summed E-state index contributed by atoms with van der Waals surface area (Å²) in [5, 5.41) is 0. The molecule has 0 saturated carbocycles. The molecule has 46 heavy (non-hydrogen) atoms. The Hall–Kier alpha value is -4.16. The van der Waals surface area contributed by atoms with Crippen LogP contribution in [0.15, 0.2) is 109 Å². The van der Waals surface area contributed by atoms with E-state index in [0.717, 1.165) is 89.9 Å². The van der Waals surface area contributed by atoms with Gasteiger partial charge >= 0.3 is 0 Å². The second-order valence-corrected chi connectivity index (χ2v) is 13.8. The van der Waals surface area contributed by atoms with Crippen LogP contribution in [0.1, 0.15) is 77.9 Å². The van der Waals surface area contributed by atoms with Crippen LogP contribution in [0.25, 0.3) is 0 Å². The highest BCUT2D eigenvalue weighted by molar-refractivity contribution is 5.58. The van der Waals surface area contributed by atoms with Crippen molar-refractivity contribution in [2.75, 3.05) is 0 Å². The fourth-order valence-corrected chi connectivity index (χ4v) is 8.68. The predicted octanol–water partition coefficient (Wildman–Crippen LogP) is 9.64. The zero-order valence-corrected chi connectivity index (χ0v) is 27.3. The summed E-state index contributed by atoms with van der Waals surface area (Å²) in [5.74, 6) is 0. The molecule has 0 spiro atoms. The van der Waals surface area contributed by atoms with E-state index in [-0.39, 0.29) is 0 Å². The van der Waals surface area contributed by atoms with Crippen LogP contribution in [-0.2, 0) is 89.9 Å². The van der Waals surface area contributed by atoms with Gasteiger partial charge in [0.15, 0.2) is 0 Å². The van der Waals surface area contributed by atoms with Gasteiger partial charge in [-0.1, -0.05) is 109 Å². The summed E-state index contributed by atoms with van der Waals surface area (Å²) >= 11 is 0. The first kappa shape index (κ1) is 29.3. The summed E-state index contributed by atoms with van der Waals surface area (Å²) < 4.78 is 0. The van der Waals surface area contributed by atoms with E-state index >= 15 is 0 Å². The molecule has 0 nitrogen and oxygen atoms in total. The average molecular weight is 599 g/mol. The second-order valence-electron chi connectivity index (χ2n) is 13.8. The highest BCUT2D eigenvalue weighted by Crippen LogP contribution is 2.36. The van der Waals surface area contributed by atoms with E-state index < -0.39 is 0 Å². The molecule has 230 valence electrons. The maximum atomic E-state index is 2.41. The Morgan fingerprint density at radius 2 is 0.391 bits per heavy atom. The molecule has 0 saturated heterocycles. The minimum absolute atomic E-state index is 1.13. The Labute approximate surface area is 276 Å². The van der Waals surface area contributed by atoms with E-state index in [4.69, 9.17) is 0 Å². The molecule has 3 aromatic carbocycles. The van der Waals surface area contributed by atoms with Crippen LogP contribution in [0.2, 0.25) is 0 Å². The molecule has 0 bridgehead atoms. The van der Waals surface area contributed by atoms with E-state index in [2.05, 4.69) is 109 Å². The van der Waals surface area contributed by atoms with Crippen molar-refractivity contribution in [2.45, 2.75) is 89.9 Å². The normalized spacial score (nSPS) is 18.3. The van der Waals surface area contributed by atoms with Crippen molar-refractivity contribution in [1.82, 2.24) is 0 Å². The maximum absolute atomic E-state index is 2.41. The molecule has 0 amide bonds. The Morgan fingerprint density at radius 1 is 0.196 bits per heavy atom. The molecule has 0 heteroatoms. The minimum Gasteiger partial charge on any atom is -0.0838 e. The summed E-state index contributed by atoms with van der Waals surface area (Å²) in [4.78, 5) is 0. The SMILES string of the molecule is C1=CCc2c(c3c(c4c2CC=CC4)CC=CC3)C1.C1=CCc2c(ccc3c2CC=CC3)C1.C1=CCc2cc3c(cc2C1)CC=CC3. The van der Waals surface area contributed by atoms with Gasteiger partial charge in [-0.05, 0) is 168 Å². The molecule has 0 aromatic heterocycles. The van der Waals surface area contributed by atoms with Gasteiger partial charge in [-0.25, -0.2) is 0 Å². The van der Waals surface area contributed by atoms with Gasteiger partial charge in [-0.2, -0.15) is 0 Å².